The van der Waals surface area contributed by atoms with Gasteiger partial charge in [0.2, 0.25) is 0 Å². The summed E-state index contributed by atoms with van der Waals surface area (Å²) in [5, 5.41) is 6.83. The SMILES string of the molecule is CCNC(=NCC1(c2ccc(F)cc2)CC1)NC1CCN(C(=O)OCC)CC1.I. The minimum absolute atomic E-state index is 0. The molecule has 162 valence electrons. The number of carbonyl (C=O) groups excluding carboxylic acids is 1. The lowest BCUT2D eigenvalue weighted by atomic mass is 9.96. The van der Waals surface area contributed by atoms with Crippen molar-refractivity contribution in [3.05, 3.63) is 35.6 Å². The van der Waals surface area contributed by atoms with E-state index in [9.17, 15) is 9.18 Å². The highest BCUT2D eigenvalue weighted by molar-refractivity contribution is 14.0. The van der Waals surface area contributed by atoms with Crippen LogP contribution < -0.4 is 10.6 Å². The van der Waals surface area contributed by atoms with Gasteiger partial charge in [-0.3, -0.25) is 4.99 Å². The van der Waals surface area contributed by atoms with Crippen LogP contribution in [0.5, 0.6) is 0 Å². The lowest BCUT2D eigenvalue weighted by Crippen LogP contribution is -2.50. The number of rotatable bonds is 6. The maximum absolute atomic E-state index is 13.2. The second-order valence-electron chi connectivity index (χ2n) is 7.59. The third-order valence-electron chi connectivity index (χ3n) is 5.56. The normalized spacial score (nSPS) is 18.6. The Morgan fingerprint density at radius 1 is 1.24 bits per heavy atom. The predicted molar refractivity (Wildman–Crippen MR) is 123 cm³/mol. The highest BCUT2D eigenvalue weighted by atomic mass is 127. The number of carbonyl (C=O) groups is 1. The Balaban J connectivity index is 0.00000300. The molecule has 0 radical (unpaired) electrons. The zero-order valence-electron chi connectivity index (χ0n) is 17.2. The van der Waals surface area contributed by atoms with E-state index in [2.05, 4.69) is 10.6 Å². The van der Waals surface area contributed by atoms with E-state index in [0.29, 0.717) is 26.2 Å². The van der Waals surface area contributed by atoms with Crippen LogP contribution in [-0.4, -0.2) is 55.8 Å². The summed E-state index contributed by atoms with van der Waals surface area (Å²) in [6.07, 6.45) is 3.67. The molecule has 1 saturated carbocycles. The Bertz CT molecular complexity index is 686. The summed E-state index contributed by atoms with van der Waals surface area (Å²) >= 11 is 0. The zero-order valence-corrected chi connectivity index (χ0v) is 19.6. The molecule has 3 rings (SSSR count). The maximum Gasteiger partial charge on any atom is 0.409 e. The molecule has 2 N–H and O–H groups in total. The van der Waals surface area contributed by atoms with E-state index in [0.717, 1.165) is 43.8 Å². The second kappa shape index (κ2) is 11.0. The minimum Gasteiger partial charge on any atom is -0.450 e. The molecule has 1 aliphatic carbocycles. The number of amides is 1. The number of ether oxygens (including phenoxy) is 1. The largest absolute Gasteiger partial charge is 0.450 e. The first-order valence-electron chi connectivity index (χ1n) is 10.3. The first kappa shape index (κ1) is 23.7. The van der Waals surface area contributed by atoms with Gasteiger partial charge in [0, 0.05) is 31.1 Å². The smallest absolute Gasteiger partial charge is 0.409 e. The van der Waals surface area contributed by atoms with E-state index in [1.165, 1.54) is 12.1 Å². The molecule has 2 fully saturated rings. The first-order valence-corrected chi connectivity index (χ1v) is 10.3. The molecule has 29 heavy (non-hydrogen) atoms. The molecule has 6 nitrogen and oxygen atoms in total. The Kier molecular flexibility index (Phi) is 8.98. The van der Waals surface area contributed by atoms with Crippen molar-refractivity contribution in [2.75, 3.05) is 32.8 Å². The molecule has 2 aliphatic rings. The van der Waals surface area contributed by atoms with Crippen LogP contribution in [0.4, 0.5) is 9.18 Å². The molecule has 8 heteroatoms. The summed E-state index contributed by atoms with van der Waals surface area (Å²) in [6, 6.07) is 7.09. The second-order valence-corrected chi connectivity index (χ2v) is 7.59. The van der Waals surface area contributed by atoms with Gasteiger partial charge in [0.05, 0.1) is 13.2 Å². The van der Waals surface area contributed by atoms with Crippen LogP contribution in [0.1, 0.15) is 45.1 Å². The van der Waals surface area contributed by atoms with Gasteiger partial charge in [0.1, 0.15) is 5.82 Å². The molecule has 1 saturated heterocycles. The molecule has 0 spiro atoms. The predicted octanol–water partition coefficient (Wildman–Crippen LogP) is 3.65. The molecule has 1 aliphatic heterocycles. The Morgan fingerprint density at radius 3 is 2.45 bits per heavy atom. The van der Waals surface area contributed by atoms with Crippen LogP contribution in [0.2, 0.25) is 0 Å². The Morgan fingerprint density at radius 2 is 1.90 bits per heavy atom. The van der Waals surface area contributed by atoms with Gasteiger partial charge in [0.25, 0.3) is 0 Å². The van der Waals surface area contributed by atoms with E-state index < -0.39 is 0 Å². The molecule has 1 heterocycles. The van der Waals surface area contributed by atoms with Crippen LogP contribution in [0.25, 0.3) is 0 Å². The molecule has 0 unspecified atom stereocenters. The number of piperidine rings is 1. The van der Waals surface area contributed by atoms with Crippen molar-refractivity contribution in [3.8, 4) is 0 Å². The number of halogens is 2. The van der Waals surface area contributed by atoms with Gasteiger partial charge in [-0.25, -0.2) is 9.18 Å². The number of likely N-dealkylation sites (tertiary alicyclic amines) is 1. The number of aliphatic imine (C=N–C) groups is 1. The fourth-order valence-corrected chi connectivity index (χ4v) is 3.66. The molecule has 1 aromatic rings. The van der Waals surface area contributed by atoms with E-state index in [1.807, 2.05) is 26.0 Å². The summed E-state index contributed by atoms with van der Waals surface area (Å²) in [4.78, 5) is 18.4. The van der Waals surface area contributed by atoms with Crippen molar-refractivity contribution in [3.63, 3.8) is 0 Å². The topological polar surface area (TPSA) is 66.0 Å². The third kappa shape index (κ3) is 6.45. The fraction of sp³-hybridized carbons (Fsp3) is 0.619. The molecular formula is C21H32FIN4O2. The van der Waals surface area contributed by atoms with Gasteiger partial charge in [-0.05, 0) is 57.2 Å². The number of benzene rings is 1. The fourth-order valence-electron chi connectivity index (χ4n) is 3.66. The highest BCUT2D eigenvalue weighted by Gasteiger charge is 2.44. The molecular weight excluding hydrogens is 486 g/mol. The van der Waals surface area contributed by atoms with Crippen molar-refractivity contribution < 1.29 is 13.9 Å². The van der Waals surface area contributed by atoms with Gasteiger partial charge in [-0.15, -0.1) is 24.0 Å². The standard InChI is InChI=1S/C21H31FN4O2.HI/c1-3-23-19(25-18-9-13-26(14-10-18)20(27)28-4-2)24-15-21(11-12-21)16-5-7-17(22)8-6-16;/h5-8,18H,3-4,9-15H2,1-2H3,(H2,23,24,25);1H. The van der Waals surface area contributed by atoms with Crippen LogP contribution in [-0.2, 0) is 10.2 Å². The molecule has 0 atom stereocenters. The number of guanidine groups is 1. The Labute approximate surface area is 189 Å². The molecule has 1 amide bonds. The van der Waals surface area contributed by atoms with Crippen LogP contribution in [0.3, 0.4) is 0 Å². The lowest BCUT2D eigenvalue weighted by Gasteiger charge is -2.32. The summed E-state index contributed by atoms with van der Waals surface area (Å²) in [5.41, 5.74) is 1.21. The maximum atomic E-state index is 13.2. The average molecular weight is 518 g/mol. The van der Waals surface area contributed by atoms with E-state index in [-0.39, 0.29) is 47.3 Å². The summed E-state index contributed by atoms with van der Waals surface area (Å²) < 4.78 is 18.3. The van der Waals surface area contributed by atoms with Crippen LogP contribution in [0.15, 0.2) is 29.3 Å². The van der Waals surface area contributed by atoms with E-state index in [4.69, 9.17) is 9.73 Å². The Hall–Kier alpha value is -1.58. The summed E-state index contributed by atoms with van der Waals surface area (Å²) in [5.74, 6) is 0.609. The van der Waals surface area contributed by atoms with Crippen molar-refractivity contribution in [2.24, 2.45) is 4.99 Å². The first-order chi connectivity index (χ1) is 13.6. The molecule has 1 aromatic carbocycles. The van der Waals surface area contributed by atoms with Crippen molar-refractivity contribution >= 4 is 36.0 Å². The summed E-state index contributed by atoms with van der Waals surface area (Å²) in [6.45, 7) is 7.14. The van der Waals surface area contributed by atoms with E-state index >= 15 is 0 Å². The number of nitrogens with zero attached hydrogens (tertiary/aromatic N) is 2. The van der Waals surface area contributed by atoms with Gasteiger partial charge in [-0.1, -0.05) is 12.1 Å². The number of hydrogen-bond acceptors (Lipinski definition) is 3. The number of hydrogen-bond donors (Lipinski definition) is 2. The van der Waals surface area contributed by atoms with Gasteiger partial charge in [0.15, 0.2) is 5.96 Å². The molecule has 0 aromatic heterocycles. The highest BCUT2D eigenvalue weighted by Crippen LogP contribution is 2.48. The van der Waals surface area contributed by atoms with Crippen LogP contribution in [0, 0.1) is 5.82 Å². The zero-order chi connectivity index (χ0) is 20.0. The average Bonchev–Trinajstić information content (AvgIpc) is 3.49. The molecule has 0 bridgehead atoms. The number of nitrogens with one attached hydrogen (secondary N) is 2. The minimum atomic E-state index is -0.225. The quantitative estimate of drug-likeness (QED) is 0.343. The monoisotopic (exact) mass is 518 g/mol. The van der Waals surface area contributed by atoms with Crippen molar-refractivity contribution in [1.29, 1.82) is 0 Å². The van der Waals surface area contributed by atoms with Gasteiger partial charge in [-0.2, -0.15) is 0 Å². The van der Waals surface area contributed by atoms with Crippen molar-refractivity contribution in [2.45, 2.75) is 51.0 Å². The van der Waals surface area contributed by atoms with Crippen LogP contribution >= 0.6 is 24.0 Å². The van der Waals surface area contributed by atoms with E-state index in [1.54, 1.807) is 4.90 Å². The summed E-state index contributed by atoms with van der Waals surface area (Å²) in [7, 11) is 0. The van der Waals surface area contributed by atoms with Gasteiger partial charge < -0.3 is 20.3 Å². The van der Waals surface area contributed by atoms with Gasteiger partial charge >= 0.3 is 6.09 Å². The van der Waals surface area contributed by atoms with Crippen molar-refractivity contribution in [1.82, 2.24) is 15.5 Å². The third-order valence-corrected chi connectivity index (χ3v) is 5.56. The lowest BCUT2D eigenvalue weighted by molar-refractivity contribution is 0.0963.